The van der Waals surface area contributed by atoms with Gasteiger partial charge in [-0.2, -0.15) is 0 Å². The number of benzene rings is 2. The Balaban J connectivity index is 1.96. The molecule has 1 N–H and O–H groups in total. The molecular formula is C18H19BrO2. The average molecular weight is 347 g/mol. The molecule has 3 heteroatoms. The molecule has 2 aromatic carbocycles. The summed E-state index contributed by atoms with van der Waals surface area (Å²) >= 11 is 3.55. The van der Waals surface area contributed by atoms with Gasteiger partial charge in [0.1, 0.15) is 5.75 Å². The normalized spacial score (nSPS) is 16.2. The quantitative estimate of drug-likeness (QED) is 0.904. The maximum absolute atomic E-state index is 10.9. The van der Waals surface area contributed by atoms with Crippen LogP contribution in [-0.4, -0.2) is 11.7 Å². The fourth-order valence-electron chi connectivity index (χ4n) is 2.93. The fraction of sp³-hybridized carbons (Fsp3) is 0.333. The van der Waals surface area contributed by atoms with E-state index in [0.717, 1.165) is 39.9 Å². The van der Waals surface area contributed by atoms with Crippen molar-refractivity contribution in [2.45, 2.75) is 32.3 Å². The van der Waals surface area contributed by atoms with E-state index >= 15 is 0 Å². The molecule has 0 bridgehead atoms. The van der Waals surface area contributed by atoms with Gasteiger partial charge in [-0.15, -0.1) is 0 Å². The summed E-state index contributed by atoms with van der Waals surface area (Å²) in [6, 6.07) is 12.2. The molecule has 1 aliphatic heterocycles. The number of fused-ring (bicyclic) bond motifs is 1. The molecule has 0 saturated carbocycles. The van der Waals surface area contributed by atoms with Crippen molar-refractivity contribution in [1.29, 1.82) is 0 Å². The predicted octanol–water partition coefficient (Wildman–Crippen LogP) is 4.14. The van der Waals surface area contributed by atoms with Crippen molar-refractivity contribution in [1.82, 2.24) is 0 Å². The lowest BCUT2D eigenvalue weighted by molar-refractivity contribution is 0.0569. The lowest BCUT2D eigenvalue weighted by Crippen LogP contribution is -2.24. The third-order valence-corrected chi connectivity index (χ3v) is 4.46. The molecule has 1 heterocycles. The summed E-state index contributed by atoms with van der Waals surface area (Å²) in [6.07, 6.45) is 1.48. The van der Waals surface area contributed by atoms with Crippen LogP contribution in [0.4, 0.5) is 0 Å². The highest BCUT2D eigenvalue weighted by Gasteiger charge is 2.27. The molecule has 110 valence electrons. The van der Waals surface area contributed by atoms with Gasteiger partial charge in [0.05, 0.1) is 12.2 Å². The molecule has 0 fully saturated rings. The van der Waals surface area contributed by atoms with E-state index in [-0.39, 0.29) is 0 Å². The van der Waals surface area contributed by atoms with Gasteiger partial charge in [0.25, 0.3) is 0 Å². The maximum Gasteiger partial charge on any atom is 0.126 e. The van der Waals surface area contributed by atoms with Gasteiger partial charge >= 0.3 is 0 Å². The topological polar surface area (TPSA) is 29.5 Å². The second kappa shape index (κ2) is 5.47. The maximum atomic E-state index is 10.9. The molecule has 0 radical (unpaired) electrons. The first kappa shape index (κ1) is 14.6. The minimum atomic E-state index is -0.910. The SMILES string of the molecule is Cc1cccc(C(C)(O)Cc2cc(Br)cc3c2OCC3)c1. The molecule has 1 unspecified atom stereocenters. The highest BCUT2D eigenvalue weighted by atomic mass is 79.9. The number of aliphatic hydroxyl groups is 1. The van der Waals surface area contributed by atoms with E-state index in [1.165, 1.54) is 5.56 Å². The van der Waals surface area contributed by atoms with Crippen molar-refractivity contribution in [3.63, 3.8) is 0 Å². The molecule has 0 amide bonds. The lowest BCUT2D eigenvalue weighted by Gasteiger charge is -2.25. The average Bonchev–Trinajstić information content (AvgIpc) is 2.86. The number of halogens is 1. The van der Waals surface area contributed by atoms with Gasteiger partial charge in [0, 0.05) is 17.3 Å². The lowest BCUT2D eigenvalue weighted by atomic mass is 9.87. The van der Waals surface area contributed by atoms with Crippen LogP contribution in [0.1, 0.15) is 29.2 Å². The van der Waals surface area contributed by atoms with Gasteiger partial charge in [-0.05, 0) is 42.7 Å². The third kappa shape index (κ3) is 2.99. The summed E-state index contributed by atoms with van der Waals surface area (Å²) in [5.74, 6) is 0.950. The van der Waals surface area contributed by atoms with Crippen LogP contribution in [0.5, 0.6) is 5.75 Å². The molecule has 21 heavy (non-hydrogen) atoms. The van der Waals surface area contributed by atoms with E-state index in [0.29, 0.717) is 6.42 Å². The number of hydrogen-bond donors (Lipinski definition) is 1. The second-order valence-electron chi connectivity index (χ2n) is 5.97. The molecule has 2 aromatic rings. The van der Waals surface area contributed by atoms with Crippen LogP contribution in [0, 0.1) is 6.92 Å². The molecule has 0 aromatic heterocycles. The van der Waals surface area contributed by atoms with Gasteiger partial charge in [-0.25, -0.2) is 0 Å². The highest BCUT2D eigenvalue weighted by Crippen LogP contribution is 2.37. The number of rotatable bonds is 3. The third-order valence-electron chi connectivity index (χ3n) is 4.00. The number of ether oxygens (including phenoxy) is 1. The Bertz CT molecular complexity index is 677. The van der Waals surface area contributed by atoms with Crippen molar-refractivity contribution in [3.05, 3.63) is 63.1 Å². The minimum absolute atomic E-state index is 0.540. The largest absolute Gasteiger partial charge is 0.493 e. The Hall–Kier alpha value is -1.32. The Morgan fingerprint density at radius 1 is 1.29 bits per heavy atom. The van der Waals surface area contributed by atoms with Crippen molar-refractivity contribution < 1.29 is 9.84 Å². The van der Waals surface area contributed by atoms with E-state index in [9.17, 15) is 5.11 Å². The summed E-state index contributed by atoms with van der Waals surface area (Å²) in [5, 5.41) is 10.9. The van der Waals surface area contributed by atoms with Crippen LogP contribution in [0.15, 0.2) is 40.9 Å². The zero-order valence-corrected chi connectivity index (χ0v) is 13.9. The first-order valence-electron chi connectivity index (χ1n) is 7.19. The summed E-state index contributed by atoms with van der Waals surface area (Å²) < 4.78 is 6.80. The van der Waals surface area contributed by atoms with Crippen molar-refractivity contribution in [2.75, 3.05) is 6.61 Å². The van der Waals surface area contributed by atoms with Crippen LogP contribution in [-0.2, 0) is 18.4 Å². The standard InChI is InChI=1S/C18H19BrO2/c1-12-4-3-5-15(8-12)18(2,20)11-14-10-16(19)9-13-6-7-21-17(13)14/h3-5,8-10,20H,6-7,11H2,1-2H3. The molecule has 1 aliphatic rings. The monoisotopic (exact) mass is 346 g/mol. The Morgan fingerprint density at radius 3 is 2.86 bits per heavy atom. The van der Waals surface area contributed by atoms with Gasteiger partial charge in [-0.3, -0.25) is 0 Å². The van der Waals surface area contributed by atoms with Crippen LogP contribution in [0.25, 0.3) is 0 Å². The second-order valence-corrected chi connectivity index (χ2v) is 6.89. The first-order valence-corrected chi connectivity index (χ1v) is 7.99. The number of aryl methyl sites for hydroxylation is 1. The summed E-state index contributed by atoms with van der Waals surface area (Å²) in [7, 11) is 0. The summed E-state index contributed by atoms with van der Waals surface area (Å²) in [4.78, 5) is 0. The Labute approximate surface area is 133 Å². The fourth-order valence-corrected chi connectivity index (χ4v) is 3.48. The van der Waals surface area contributed by atoms with Gasteiger partial charge in [-0.1, -0.05) is 45.8 Å². The van der Waals surface area contributed by atoms with Gasteiger partial charge in [0.15, 0.2) is 0 Å². The van der Waals surface area contributed by atoms with Crippen molar-refractivity contribution in [2.24, 2.45) is 0 Å². The van der Waals surface area contributed by atoms with Crippen molar-refractivity contribution in [3.8, 4) is 5.75 Å². The van der Waals surface area contributed by atoms with Crippen LogP contribution in [0.3, 0.4) is 0 Å². The van der Waals surface area contributed by atoms with Gasteiger partial charge in [0.2, 0.25) is 0 Å². The Kier molecular flexibility index (Phi) is 3.80. The molecule has 2 nitrogen and oxygen atoms in total. The summed E-state index contributed by atoms with van der Waals surface area (Å²) in [5.41, 5.74) is 3.47. The molecule has 1 atom stereocenters. The van der Waals surface area contributed by atoms with E-state index in [2.05, 4.69) is 28.1 Å². The van der Waals surface area contributed by atoms with E-state index in [4.69, 9.17) is 4.74 Å². The molecular weight excluding hydrogens is 328 g/mol. The Morgan fingerprint density at radius 2 is 2.10 bits per heavy atom. The minimum Gasteiger partial charge on any atom is -0.493 e. The zero-order valence-electron chi connectivity index (χ0n) is 12.3. The first-order chi connectivity index (χ1) is 9.95. The van der Waals surface area contributed by atoms with Crippen LogP contribution >= 0.6 is 15.9 Å². The molecule has 3 rings (SSSR count). The highest BCUT2D eigenvalue weighted by molar-refractivity contribution is 9.10. The molecule has 0 saturated heterocycles. The van der Waals surface area contributed by atoms with Crippen LogP contribution in [0.2, 0.25) is 0 Å². The molecule has 0 spiro atoms. The predicted molar refractivity (Wildman–Crippen MR) is 87.8 cm³/mol. The van der Waals surface area contributed by atoms with Gasteiger partial charge < -0.3 is 9.84 Å². The van der Waals surface area contributed by atoms with E-state index in [1.54, 1.807) is 0 Å². The van der Waals surface area contributed by atoms with Crippen molar-refractivity contribution >= 4 is 15.9 Å². The summed E-state index contributed by atoms with van der Waals surface area (Å²) in [6.45, 7) is 4.63. The smallest absolute Gasteiger partial charge is 0.126 e. The number of hydrogen-bond acceptors (Lipinski definition) is 2. The van der Waals surface area contributed by atoms with Crippen LogP contribution < -0.4 is 4.74 Å². The van der Waals surface area contributed by atoms with E-state index in [1.807, 2.05) is 38.1 Å². The van der Waals surface area contributed by atoms with E-state index < -0.39 is 5.60 Å². The zero-order chi connectivity index (χ0) is 15.0. The molecule has 0 aliphatic carbocycles.